The number of thiazole rings is 1. The molecule has 2 aliphatic rings. The molecule has 3 atom stereocenters. The van der Waals surface area contributed by atoms with Crippen molar-refractivity contribution < 1.29 is 24.7 Å². The van der Waals surface area contributed by atoms with Crippen molar-refractivity contribution >= 4 is 52.6 Å². The molecule has 1 fully saturated rings. The van der Waals surface area contributed by atoms with Crippen molar-refractivity contribution in [3.05, 3.63) is 27.1 Å². The standard InChI is InChI=1S/C18H23N9O5S3/c1-8(24(2)3)26-18(21-22-23-26)35-6-9-5-33-15-12(14(29)25(15)13(9)16(30)31)20-11(28)4-10-7-34-17(19)27(10)32/h7-8,12,15,19,32H,4-6H2,1-3H3,(H,20,28)(H,30,31)/t8?,12?,15-/m1/s1. The number of hydrogen-bond donors (Lipinski definition) is 4. The molecule has 2 aromatic heterocycles. The monoisotopic (exact) mass is 541 g/mol. The van der Waals surface area contributed by atoms with Gasteiger partial charge in [0.2, 0.25) is 15.9 Å². The Labute approximate surface area is 211 Å². The summed E-state index contributed by atoms with van der Waals surface area (Å²) in [7, 11) is 3.78. The van der Waals surface area contributed by atoms with E-state index in [9.17, 15) is 24.7 Å². The molecule has 0 bridgehead atoms. The third-order valence-electron chi connectivity index (χ3n) is 5.62. The predicted octanol–water partition coefficient (Wildman–Crippen LogP) is -0.594. The quantitative estimate of drug-likeness (QED) is 0.181. The summed E-state index contributed by atoms with van der Waals surface area (Å²) >= 11 is 3.63. The van der Waals surface area contributed by atoms with E-state index in [0.717, 1.165) is 11.3 Å². The molecule has 4 N–H and O–H groups in total. The first-order chi connectivity index (χ1) is 16.6. The number of rotatable bonds is 9. The van der Waals surface area contributed by atoms with Crippen molar-refractivity contribution in [1.29, 1.82) is 5.41 Å². The Balaban J connectivity index is 1.45. The fourth-order valence-corrected chi connectivity index (χ4v) is 6.62. The molecule has 35 heavy (non-hydrogen) atoms. The van der Waals surface area contributed by atoms with Gasteiger partial charge in [0.25, 0.3) is 5.91 Å². The van der Waals surface area contributed by atoms with Crippen LogP contribution in [0.2, 0.25) is 0 Å². The first-order valence-corrected chi connectivity index (χ1v) is 13.2. The lowest BCUT2D eigenvalue weighted by atomic mass is 10.0. The summed E-state index contributed by atoms with van der Waals surface area (Å²) in [5.74, 6) is -1.58. The van der Waals surface area contributed by atoms with Crippen LogP contribution in [0.1, 0.15) is 18.8 Å². The molecule has 2 aromatic rings. The topological polar surface area (TPSA) is 183 Å². The summed E-state index contributed by atoms with van der Waals surface area (Å²) in [6.07, 6.45) is -0.314. The third-order valence-corrected chi connectivity index (χ3v) is 8.76. The number of tetrazole rings is 1. The number of fused-ring (bicyclic) bond motifs is 1. The molecule has 17 heteroatoms. The van der Waals surface area contributed by atoms with Gasteiger partial charge in [0, 0.05) is 16.9 Å². The summed E-state index contributed by atoms with van der Waals surface area (Å²) in [5.41, 5.74) is 0.714. The Hall–Kier alpha value is -2.89. The number of carboxylic acid groups (broad SMARTS) is 1. The van der Waals surface area contributed by atoms with E-state index in [1.165, 1.54) is 33.8 Å². The second-order valence-electron chi connectivity index (χ2n) is 8.02. The minimum absolute atomic E-state index is 0.0821. The van der Waals surface area contributed by atoms with Crippen LogP contribution >= 0.6 is 34.9 Å². The molecule has 188 valence electrons. The fraction of sp³-hybridized carbons (Fsp3) is 0.500. The lowest BCUT2D eigenvalue weighted by molar-refractivity contribution is -0.150. The van der Waals surface area contributed by atoms with Crippen molar-refractivity contribution in [1.82, 2.24) is 40.1 Å². The van der Waals surface area contributed by atoms with E-state index in [1.54, 1.807) is 4.68 Å². The van der Waals surface area contributed by atoms with Crippen LogP contribution in [0, 0.1) is 5.41 Å². The summed E-state index contributed by atoms with van der Waals surface area (Å²) in [6.45, 7) is 1.93. The second-order valence-corrected chi connectivity index (χ2v) is 10.9. The van der Waals surface area contributed by atoms with Gasteiger partial charge < -0.3 is 15.6 Å². The van der Waals surface area contributed by atoms with Crippen LogP contribution in [0.3, 0.4) is 0 Å². The molecule has 1 saturated heterocycles. The lowest BCUT2D eigenvalue weighted by Crippen LogP contribution is -2.70. The van der Waals surface area contributed by atoms with Gasteiger partial charge >= 0.3 is 5.97 Å². The molecule has 14 nitrogen and oxygen atoms in total. The van der Waals surface area contributed by atoms with Gasteiger partial charge in [0.05, 0.1) is 12.1 Å². The summed E-state index contributed by atoms with van der Waals surface area (Å²) < 4.78 is 2.25. The smallest absolute Gasteiger partial charge is 0.352 e. The first kappa shape index (κ1) is 25.2. The highest BCUT2D eigenvalue weighted by Crippen LogP contribution is 2.41. The molecule has 2 aliphatic heterocycles. The van der Waals surface area contributed by atoms with Crippen molar-refractivity contribution in [3.63, 3.8) is 0 Å². The molecule has 2 unspecified atom stereocenters. The van der Waals surface area contributed by atoms with E-state index in [1.807, 2.05) is 25.9 Å². The normalized spacial score (nSPS) is 20.6. The molecule has 4 rings (SSSR count). The number of β-lactam (4-membered cyclic amide) rings is 1. The molecule has 0 aliphatic carbocycles. The Morgan fingerprint density at radius 1 is 1.43 bits per heavy atom. The molecule has 2 amide bonds. The predicted molar refractivity (Wildman–Crippen MR) is 126 cm³/mol. The van der Waals surface area contributed by atoms with E-state index < -0.39 is 29.2 Å². The Kier molecular flexibility index (Phi) is 7.20. The van der Waals surface area contributed by atoms with Gasteiger partial charge in [-0.05, 0) is 37.0 Å². The lowest BCUT2D eigenvalue weighted by Gasteiger charge is -2.49. The SMILES string of the molecule is CC(N(C)C)n1nnnc1SCC1=C(C(=O)O)N2C(=O)C(NC(=O)Cc3csc(=N)n3O)[C@H]2SC1. The van der Waals surface area contributed by atoms with E-state index in [-0.39, 0.29) is 34.5 Å². The maximum Gasteiger partial charge on any atom is 0.352 e. The van der Waals surface area contributed by atoms with Crippen LogP contribution in [-0.2, 0) is 20.8 Å². The average molecular weight is 542 g/mol. The summed E-state index contributed by atoms with van der Waals surface area (Å²) in [6, 6.07) is -0.870. The van der Waals surface area contributed by atoms with E-state index in [2.05, 4.69) is 20.8 Å². The summed E-state index contributed by atoms with van der Waals surface area (Å²) in [4.78, 5) is 40.4. The number of aromatic nitrogens is 5. The molecule has 0 aromatic carbocycles. The Morgan fingerprint density at radius 3 is 2.80 bits per heavy atom. The van der Waals surface area contributed by atoms with Crippen LogP contribution in [-0.4, -0.2) is 99.9 Å². The Bertz CT molecular complexity index is 1250. The molecule has 4 heterocycles. The summed E-state index contributed by atoms with van der Waals surface area (Å²) in [5, 5.41) is 42.9. The number of carbonyl (C=O) groups is 3. The highest BCUT2D eigenvalue weighted by Gasteiger charge is 2.54. The fourth-order valence-electron chi connectivity index (χ4n) is 3.54. The van der Waals surface area contributed by atoms with Crippen molar-refractivity contribution in [2.45, 2.75) is 36.1 Å². The van der Waals surface area contributed by atoms with Gasteiger partial charge in [0.1, 0.15) is 23.3 Å². The second kappa shape index (κ2) is 10.00. The van der Waals surface area contributed by atoms with Crippen LogP contribution in [0.15, 0.2) is 21.8 Å². The molecule has 0 radical (unpaired) electrons. The first-order valence-electron chi connectivity index (χ1n) is 10.3. The number of nitrogens with zero attached hydrogens (tertiary/aromatic N) is 7. The largest absolute Gasteiger partial charge is 0.477 e. The minimum Gasteiger partial charge on any atom is -0.477 e. The van der Waals surface area contributed by atoms with Gasteiger partial charge in [0.15, 0.2) is 0 Å². The maximum absolute atomic E-state index is 12.8. The number of aliphatic carboxylic acids is 1. The van der Waals surface area contributed by atoms with Crippen molar-refractivity contribution in [2.75, 3.05) is 25.6 Å². The van der Waals surface area contributed by atoms with Gasteiger partial charge in [-0.1, -0.05) is 11.8 Å². The number of nitrogens with one attached hydrogen (secondary N) is 2. The maximum atomic E-state index is 12.8. The van der Waals surface area contributed by atoms with Crippen LogP contribution in [0.4, 0.5) is 0 Å². The van der Waals surface area contributed by atoms with Crippen LogP contribution in [0.25, 0.3) is 0 Å². The Morgan fingerprint density at radius 2 is 2.17 bits per heavy atom. The molecular formula is C18H23N9O5S3. The van der Waals surface area contributed by atoms with Crippen molar-refractivity contribution in [3.8, 4) is 0 Å². The van der Waals surface area contributed by atoms with Gasteiger partial charge in [-0.15, -0.1) is 28.2 Å². The van der Waals surface area contributed by atoms with Crippen LogP contribution < -0.4 is 10.1 Å². The average Bonchev–Trinajstić information content (AvgIpc) is 3.41. The molecule has 0 saturated carbocycles. The van der Waals surface area contributed by atoms with Crippen LogP contribution in [0.5, 0.6) is 0 Å². The van der Waals surface area contributed by atoms with E-state index in [4.69, 9.17) is 5.41 Å². The number of amides is 2. The van der Waals surface area contributed by atoms with Gasteiger partial charge in [-0.25, -0.2) is 9.48 Å². The van der Waals surface area contributed by atoms with Gasteiger partial charge in [-0.2, -0.15) is 4.73 Å². The van der Waals surface area contributed by atoms with Crippen molar-refractivity contribution in [2.24, 2.45) is 0 Å². The number of carboxylic acids is 1. The number of thioether (sulfide) groups is 2. The number of carbonyl (C=O) groups excluding carboxylic acids is 2. The molecule has 0 spiro atoms. The highest BCUT2D eigenvalue weighted by atomic mass is 32.2. The zero-order valence-corrected chi connectivity index (χ0v) is 21.4. The highest BCUT2D eigenvalue weighted by molar-refractivity contribution is 8.01. The zero-order chi connectivity index (χ0) is 25.4. The molecular weight excluding hydrogens is 518 g/mol. The van der Waals surface area contributed by atoms with Gasteiger partial charge in [-0.3, -0.25) is 24.8 Å². The zero-order valence-electron chi connectivity index (χ0n) is 18.9. The third kappa shape index (κ3) is 4.80. The van der Waals surface area contributed by atoms with E-state index >= 15 is 0 Å². The van der Waals surface area contributed by atoms with E-state index in [0.29, 0.717) is 21.2 Å². The number of hydrogen-bond acceptors (Lipinski definition) is 12. The minimum atomic E-state index is -1.21.